The molecule has 1 N–H and O–H groups in total. The molecule has 0 radical (unpaired) electrons. The van der Waals surface area contributed by atoms with Gasteiger partial charge < -0.3 is 10.1 Å². The lowest BCUT2D eigenvalue weighted by atomic mass is 9.97. The topological polar surface area (TPSA) is 62.1 Å². The monoisotopic (exact) mass is 250 g/mol. The van der Waals surface area contributed by atoms with Crippen LogP contribution in [0.1, 0.15) is 51.9 Å². The lowest BCUT2D eigenvalue weighted by molar-refractivity contribution is -0.138. The van der Waals surface area contributed by atoms with Gasteiger partial charge in [-0.15, -0.1) is 0 Å². The van der Waals surface area contributed by atoms with Crippen LogP contribution >= 0.6 is 0 Å². The number of nitrogens with one attached hydrogen (secondary N) is 1. The molecule has 0 bridgehead atoms. The third-order valence-corrected chi connectivity index (χ3v) is 3.18. The molecule has 0 unspecified atom stereocenters. The molecule has 18 heavy (non-hydrogen) atoms. The fraction of sp³-hybridized carbons (Fsp3) is 0.714. The Morgan fingerprint density at radius 1 is 1.33 bits per heavy atom. The summed E-state index contributed by atoms with van der Waals surface area (Å²) in [6.45, 7) is 2.02. The summed E-state index contributed by atoms with van der Waals surface area (Å²) in [4.78, 5) is 11.4. The average molecular weight is 250 g/mol. The van der Waals surface area contributed by atoms with E-state index in [2.05, 4.69) is 5.32 Å². The summed E-state index contributed by atoms with van der Waals surface area (Å²) in [5.41, 5.74) is 0.0545. The van der Waals surface area contributed by atoms with E-state index in [4.69, 9.17) is 10.00 Å². The summed E-state index contributed by atoms with van der Waals surface area (Å²) in [6, 6.07) is 2.26. The molecule has 0 amide bonds. The molecule has 0 aromatic carbocycles. The molecule has 100 valence electrons. The number of rotatable bonds is 4. The summed E-state index contributed by atoms with van der Waals surface area (Å²) in [6.07, 6.45) is 10.1. The Hall–Kier alpha value is -1.50. The molecule has 0 aromatic heterocycles. The van der Waals surface area contributed by atoms with Crippen molar-refractivity contribution in [3.8, 4) is 6.07 Å². The minimum absolute atomic E-state index is 0.0545. The quantitative estimate of drug-likeness (QED) is 0.473. The largest absolute Gasteiger partial charge is 0.462 e. The molecule has 0 aliphatic heterocycles. The Morgan fingerprint density at radius 2 is 1.94 bits per heavy atom. The Morgan fingerprint density at radius 3 is 2.50 bits per heavy atom. The summed E-state index contributed by atoms with van der Waals surface area (Å²) in [7, 11) is 0. The molecule has 0 spiro atoms. The number of nitriles is 1. The van der Waals surface area contributed by atoms with Crippen LogP contribution in [0, 0.1) is 11.3 Å². The van der Waals surface area contributed by atoms with Gasteiger partial charge in [0, 0.05) is 12.2 Å². The smallest absolute Gasteiger partial charge is 0.350 e. The first kappa shape index (κ1) is 14.6. The first-order valence-corrected chi connectivity index (χ1v) is 6.81. The van der Waals surface area contributed by atoms with Gasteiger partial charge in [-0.2, -0.15) is 5.26 Å². The molecule has 1 fully saturated rings. The van der Waals surface area contributed by atoms with Gasteiger partial charge in [-0.1, -0.05) is 32.1 Å². The first-order chi connectivity index (χ1) is 8.77. The average Bonchev–Trinajstić information content (AvgIpc) is 2.32. The van der Waals surface area contributed by atoms with Gasteiger partial charge in [0.15, 0.2) is 5.57 Å². The zero-order valence-corrected chi connectivity index (χ0v) is 11.1. The number of nitrogens with zero attached hydrogens (tertiary/aromatic N) is 1. The minimum atomic E-state index is -0.543. The van der Waals surface area contributed by atoms with E-state index >= 15 is 0 Å². The van der Waals surface area contributed by atoms with E-state index in [1.807, 2.05) is 6.07 Å². The highest BCUT2D eigenvalue weighted by atomic mass is 16.5. The first-order valence-electron chi connectivity index (χ1n) is 6.81. The molecule has 1 aliphatic carbocycles. The minimum Gasteiger partial charge on any atom is -0.462 e. The fourth-order valence-corrected chi connectivity index (χ4v) is 2.17. The second-order valence-electron chi connectivity index (χ2n) is 4.60. The Bertz CT molecular complexity index is 323. The van der Waals surface area contributed by atoms with Gasteiger partial charge in [-0.25, -0.2) is 4.79 Å². The maximum absolute atomic E-state index is 11.4. The van der Waals surface area contributed by atoms with Gasteiger partial charge in [0.2, 0.25) is 0 Å². The van der Waals surface area contributed by atoms with E-state index in [-0.39, 0.29) is 5.57 Å². The summed E-state index contributed by atoms with van der Waals surface area (Å²) >= 11 is 0. The number of ether oxygens (including phenoxy) is 1. The predicted octanol–water partition coefficient (Wildman–Crippen LogP) is 2.66. The van der Waals surface area contributed by atoms with E-state index in [1.165, 1.54) is 38.3 Å². The number of hydrogen-bond donors (Lipinski definition) is 1. The molecule has 1 saturated carbocycles. The van der Waals surface area contributed by atoms with Gasteiger partial charge in [0.1, 0.15) is 6.07 Å². The van der Waals surface area contributed by atoms with Crippen molar-refractivity contribution in [2.75, 3.05) is 6.61 Å². The van der Waals surface area contributed by atoms with Crippen molar-refractivity contribution < 1.29 is 9.53 Å². The summed E-state index contributed by atoms with van der Waals surface area (Å²) in [5, 5.41) is 12.1. The molecule has 4 nitrogen and oxygen atoms in total. The van der Waals surface area contributed by atoms with Gasteiger partial charge in [-0.05, 0) is 19.8 Å². The van der Waals surface area contributed by atoms with Crippen molar-refractivity contribution >= 4 is 5.97 Å². The maximum atomic E-state index is 11.4. The van der Waals surface area contributed by atoms with Crippen LogP contribution in [0.15, 0.2) is 11.8 Å². The summed E-state index contributed by atoms with van der Waals surface area (Å²) < 4.78 is 4.81. The molecule has 0 aromatic rings. The lowest BCUT2D eigenvalue weighted by Gasteiger charge is -2.20. The zero-order valence-electron chi connectivity index (χ0n) is 11.1. The number of carbonyl (C=O) groups is 1. The number of carbonyl (C=O) groups excluding carboxylic acids is 1. The molecular weight excluding hydrogens is 228 g/mol. The molecule has 0 atom stereocenters. The third kappa shape index (κ3) is 5.22. The molecule has 1 rings (SSSR count). The highest BCUT2D eigenvalue weighted by Crippen LogP contribution is 2.17. The number of esters is 1. The van der Waals surface area contributed by atoms with Gasteiger partial charge in [0.05, 0.1) is 6.61 Å². The van der Waals surface area contributed by atoms with Crippen LogP contribution in [0.3, 0.4) is 0 Å². The molecular formula is C14H22N2O2. The molecule has 0 saturated heterocycles. The fourth-order valence-electron chi connectivity index (χ4n) is 2.17. The summed E-state index contributed by atoms with van der Waals surface area (Å²) in [5.74, 6) is -0.543. The molecule has 1 aliphatic rings. The van der Waals surface area contributed by atoms with Crippen molar-refractivity contribution in [3.63, 3.8) is 0 Å². The van der Waals surface area contributed by atoms with Crippen LogP contribution in [-0.2, 0) is 9.53 Å². The second kappa shape index (κ2) is 8.57. The van der Waals surface area contributed by atoms with Crippen LogP contribution < -0.4 is 5.32 Å². The van der Waals surface area contributed by atoms with Crippen molar-refractivity contribution in [1.29, 1.82) is 5.26 Å². The van der Waals surface area contributed by atoms with Gasteiger partial charge in [-0.3, -0.25) is 0 Å². The van der Waals surface area contributed by atoms with Gasteiger partial charge >= 0.3 is 5.97 Å². The van der Waals surface area contributed by atoms with E-state index in [1.54, 1.807) is 6.92 Å². The van der Waals surface area contributed by atoms with Crippen molar-refractivity contribution in [1.82, 2.24) is 5.32 Å². The lowest BCUT2D eigenvalue weighted by Crippen LogP contribution is -2.26. The number of hydrogen-bond acceptors (Lipinski definition) is 4. The molecule has 0 heterocycles. The van der Waals surface area contributed by atoms with Crippen molar-refractivity contribution in [2.45, 2.75) is 57.9 Å². The van der Waals surface area contributed by atoms with Crippen molar-refractivity contribution in [3.05, 3.63) is 11.8 Å². The van der Waals surface area contributed by atoms with E-state index in [0.29, 0.717) is 12.6 Å². The van der Waals surface area contributed by atoms with E-state index < -0.39 is 5.97 Å². The second-order valence-corrected chi connectivity index (χ2v) is 4.60. The standard InChI is InChI=1S/C14H22N2O2/c1-2-18-14(17)12(10-15)11-16-13-8-6-4-3-5-7-9-13/h11,13,16H,2-9H2,1H3/b12-11+. The SMILES string of the molecule is CCOC(=O)/C(C#N)=C/NC1CCCCCCC1. The third-order valence-electron chi connectivity index (χ3n) is 3.18. The van der Waals surface area contributed by atoms with Crippen LogP contribution in [0.5, 0.6) is 0 Å². The van der Waals surface area contributed by atoms with Crippen molar-refractivity contribution in [2.24, 2.45) is 0 Å². The Balaban J connectivity index is 2.48. The highest BCUT2D eigenvalue weighted by molar-refractivity contribution is 5.92. The highest BCUT2D eigenvalue weighted by Gasteiger charge is 2.12. The predicted molar refractivity (Wildman–Crippen MR) is 69.6 cm³/mol. The Kier molecular flexibility index (Phi) is 6.93. The van der Waals surface area contributed by atoms with Crippen LogP contribution in [0.2, 0.25) is 0 Å². The maximum Gasteiger partial charge on any atom is 0.350 e. The van der Waals surface area contributed by atoms with Crippen LogP contribution in [0.25, 0.3) is 0 Å². The van der Waals surface area contributed by atoms with Crippen LogP contribution in [0.4, 0.5) is 0 Å². The van der Waals surface area contributed by atoms with E-state index in [9.17, 15) is 4.79 Å². The van der Waals surface area contributed by atoms with Crippen LogP contribution in [-0.4, -0.2) is 18.6 Å². The Labute approximate surface area is 109 Å². The van der Waals surface area contributed by atoms with E-state index in [0.717, 1.165) is 12.8 Å². The van der Waals surface area contributed by atoms with Gasteiger partial charge in [0.25, 0.3) is 0 Å². The normalized spacial score (nSPS) is 18.3. The molecule has 4 heteroatoms. The zero-order chi connectivity index (χ0) is 13.2.